The number of benzene rings is 1. The van der Waals surface area contributed by atoms with Crippen LogP contribution in [0.4, 0.5) is 4.39 Å². The largest absolute Gasteiger partial charge is 0.469 e. The maximum atomic E-state index is 13.2. The second-order valence-corrected chi connectivity index (χ2v) is 7.98. The van der Waals surface area contributed by atoms with Gasteiger partial charge in [-0.2, -0.15) is 0 Å². The summed E-state index contributed by atoms with van der Waals surface area (Å²) in [6, 6.07) is 6.70. The normalized spacial score (nSPS) is 28.4. The third-order valence-electron chi connectivity index (χ3n) is 6.06. The van der Waals surface area contributed by atoms with E-state index in [0.29, 0.717) is 23.7 Å². The van der Waals surface area contributed by atoms with E-state index in [2.05, 4.69) is 23.0 Å². The lowest BCUT2D eigenvalue weighted by Gasteiger charge is -2.44. The summed E-state index contributed by atoms with van der Waals surface area (Å²) in [7, 11) is 1.28. The van der Waals surface area contributed by atoms with Crippen molar-refractivity contribution >= 4 is 5.97 Å². The number of carbonyl (C=O) groups is 1. The molecule has 28 heavy (non-hydrogen) atoms. The summed E-state index contributed by atoms with van der Waals surface area (Å²) in [5.41, 5.74) is 1.12. The lowest BCUT2D eigenvalue weighted by molar-refractivity contribution is -0.143. The van der Waals surface area contributed by atoms with E-state index in [1.807, 2.05) is 12.1 Å². The highest BCUT2D eigenvalue weighted by Gasteiger charge is 2.39. The van der Waals surface area contributed by atoms with Crippen molar-refractivity contribution in [3.05, 3.63) is 60.0 Å². The summed E-state index contributed by atoms with van der Waals surface area (Å²) in [6.45, 7) is 0. The van der Waals surface area contributed by atoms with Crippen molar-refractivity contribution in [3.63, 3.8) is 0 Å². The molecule has 1 saturated carbocycles. The minimum atomic E-state index is -0.926. The molecule has 2 N–H and O–H groups in total. The predicted molar refractivity (Wildman–Crippen MR) is 105 cm³/mol. The van der Waals surface area contributed by atoms with Gasteiger partial charge < -0.3 is 14.9 Å². The van der Waals surface area contributed by atoms with E-state index in [4.69, 9.17) is 0 Å². The summed E-state index contributed by atoms with van der Waals surface area (Å²) in [4.78, 5) is 11.2. The van der Waals surface area contributed by atoms with Gasteiger partial charge in [-0.15, -0.1) is 0 Å². The number of carbonyl (C=O) groups excluding carboxylic acids is 1. The van der Waals surface area contributed by atoms with Crippen LogP contribution in [0.2, 0.25) is 0 Å². The number of fused-ring (bicyclic) bond motifs is 2. The number of hydrogen-bond acceptors (Lipinski definition) is 4. The van der Waals surface area contributed by atoms with Gasteiger partial charge in [0.05, 0.1) is 25.7 Å². The number of aliphatic hydroxyl groups is 2. The zero-order valence-electron chi connectivity index (χ0n) is 16.2. The van der Waals surface area contributed by atoms with Crippen molar-refractivity contribution in [1.82, 2.24) is 0 Å². The Labute approximate surface area is 165 Å². The average Bonchev–Trinajstić information content (AvgIpc) is 2.69. The van der Waals surface area contributed by atoms with Crippen LogP contribution in [0.15, 0.2) is 48.6 Å². The third kappa shape index (κ3) is 5.30. The summed E-state index contributed by atoms with van der Waals surface area (Å²) in [5, 5.41) is 20.1. The summed E-state index contributed by atoms with van der Waals surface area (Å²) >= 11 is 0. The number of allylic oxidation sites excluding steroid dienone is 3. The molecule has 152 valence electrons. The Morgan fingerprint density at radius 2 is 1.89 bits per heavy atom. The first kappa shape index (κ1) is 20.7. The number of ether oxygens (including phenoxy) is 1. The molecule has 0 spiro atoms. The molecule has 3 aliphatic rings. The molecule has 4 rings (SSSR count). The van der Waals surface area contributed by atoms with Crippen LogP contribution in [0.1, 0.15) is 31.2 Å². The fourth-order valence-electron chi connectivity index (χ4n) is 4.58. The van der Waals surface area contributed by atoms with E-state index in [0.717, 1.165) is 24.8 Å². The zero-order chi connectivity index (χ0) is 20.1. The van der Waals surface area contributed by atoms with Gasteiger partial charge >= 0.3 is 5.97 Å². The van der Waals surface area contributed by atoms with E-state index in [-0.39, 0.29) is 18.7 Å². The van der Waals surface area contributed by atoms with Crippen molar-refractivity contribution in [2.75, 3.05) is 7.11 Å². The first-order valence-electron chi connectivity index (χ1n) is 10.00. The SMILES string of the molecule is COC(=O)CC(O)CC(O)C=CC1[C@H](Cc2ccc(F)cc2)C2C=C[C@H]1CC2. The molecule has 1 fully saturated rings. The second-order valence-electron chi connectivity index (χ2n) is 7.98. The number of halogens is 1. The molecule has 0 amide bonds. The minimum absolute atomic E-state index is 0.102. The fraction of sp³-hybridized carbons (Fsp3) is 0.522. The van der Waals surface area contributed by atoms with E-state index < -0.39 is 18.2 Å². The molecule has 1 aromatic carbocycles. The summed E-state index contributed by atoms with van der Waals surface area (Å²) in [5.74, 6) is 0.946. The van der Waals surface area contributed by atoms with Gasteiger partial charge in [0, 0.05) is 6.42 Å². The Morgan fingerprint density at radius 1 is 1.21 bits per heavy atom. The molecule has 4 nitrogen and oxygen atoms in total. The Morgan fingerprint density at radius 3 is 2.54 bits per heavy atom. The summed E-state index contributed by atoms with van der Waals surface area (Å²) in [6.07, 6.45) is 9.83. The van der Waals surface area contributed by atoms with Crippen molar-refractivity contribution in [1.29, 1.82) is 0 Å². The van der Waals surface area contributed by atoms with Gasteiger partial charge in [0.15, 0.2) is 0 Å². The van der Waals surface area contributed by atoms with Crippen LogP contribution < -0.4 is 0 Å². The van der Waals surface area contributed by atoms with Crippen molar-refractivity contribution in [2.45, 2.75) is 44.3 Å². The van der Waals surface area contributed by atoms with Crippen LogP contribution in [0.25, 0.3) is 0 Å². The Balaban J connectivity index is 1.64. The molecule has 0 aliphatic heterocycles. The average molecular weight is 388 g/mol. The van der Waals surface area contributed by atoms with Gasteiger partial charge in [-0.25, -0.2) is 4.39 Å². The topological polar surface area (TPSA) is 66.8 Å². The molecular formula is C23H29FO4. The van der Waals surface area contributed by atoms with Crippen LogP contribution in [-0.2, 0) is 16.0 Å². The molecule has 3 aliphatic carbocycles. The van der Waals surface area contributed by atoms with Gasteiger partial charge in [0.2, 0.25) is 0 Å². The van der Waals surface area contributed by atoms with Gasteiger partial charge in [0.25, 0.3) is 0 Å². The zero-order valence-corrected chi connectivity index (χ0v) is 16.2. The molecule has 0 radical (unpaired) electrons. The van der Waals surface area contributed by atoms with Crippen molar-refractivity contribution in [3.8, 4) is 0 Å². The molecule has 6 atom stereocenters. The third-order valence-corrected chi connectivity index (χ3v) is 6.06. The monoisotopic (exact) mass is 388 g/mol. The molecule has 4 unspecified atom stereocenters. The number of methoxy groups -OCH3 is 1. The standard InChI is InChI=1S/C23H29FO4/c1-28-23(27)14-20(26)13-19(25)10-11-21-16-4-6-17(7-5-16)22(21)12-15-2-8-18(24)9-3-15/h2-4,6,8-11,16-17,19-22,25-26H,5,7,12-14H2,1H3/t16-,17?,19?,20?,21?,22+/m0/s1. The predicted octanol–water partition coefficient (Wildman–Crippen LogP) is 3.43. The fourth-order valence-corrected chi connectivity index (χ4v) is 4.58. The molecule has 0 aromatic heterocycles. The smallest absolute Gasteiger partial charge is 0.308 e. The van der Waals surface area contributed by atoms with E-state index >= 15 is 0 Å². The Kier molecular flexibility index (Phi) is 7.03. The second kappa shape index (κ2) is 9.48. The Hall–Kier alpha value is -1.98. The van der Waals surface area contributed by atoms with Gasteiger partial charge in [-0.05, 0) is 60.6 Å². The van der Waals surface area contributed by atoms with Gasteiger partial charge in [-0.3, -0.25) is 4.79 Å². The van der Waals surface area contributed by atoms with Crippen LogP contribution in [-0.4, -0.2) is 35.5 Å². The lowest BCUT2D eigenvalue weighted by atomic mass is 9.60. The number of esters is 1. The molecule has 5 heteroatoms. The highest BCUT2D eigenvalue weighted by atomic mass is 19.1. The highest BCUT2D eigenvalue weighted by Crippen LogP contribution is 2.46. The van der Waals surface area contributed by atoms with Gasteiger partial charge in [0.1, 0.15) is 5.82 Å². The number of aliphatic hydroxyl groups excluding tert-OH is 2. The van der Waals surface area contributed by atoms with Crippen molar-refractivity contribution < 1.29 is 24.1 Å². The molecule has 1 aromatic rings. The maximum absolute atomic E-state index is 13.2. The van der Waals surface area contributed by atoms with E-state index in [1.165, 1.54) is 19.2 Å². The van der Waals surface area contributed by atoms with Crippen LogP contribution in [0, 0.1) is 29.5 Å². The minimum Gasteiger partial charge on any atom is -0.469 e. The number of rotatable bonds is 8. The van der Waals surface area contributed by atoms with Crippen LogP contribution >= 0.6 is 0 Å². The first-order chi connectivity index (χ1) is 13.5. The maximum Gasteiger partial charge on any atom is 0.308 e. The molecule has 2 bridgehead atoms. The molecular weight excluding hydrogens is 359 g/mol. The Bertz CT molecular complexity index is 712. The first-order valence-corrected chi connectivity index (χ1v) is 10.00. The molecule has 0 saturated heterocycles. The van der Waals surface area contributed by atoms with Gasteiger partial charge in [-0.1, -0.05) is 36.4 Å². The highest BCUT2D eigenvalue weighted by molar-refractivity contribution is 5.69. The van der Waals surface area contributed by atoms with Crippen molar-refractivity contribution in [2.24, 2.45) is 23.7 Å². The van der Waals surface area contributed by atoms with E-state index in [9.17, 15) is 19.4 Å². The number of hydrogen-bond donors (Lipinski definition) is 2. The van der Waals surface area contributed by atoms with E-state index in [1.54, 1.807) is 6.08 Å². The quantitative estimate of drug-likeness (QED) is 0.529. The molecule has 0 heterocycles. The van der Waals surface area contributed by atoms with Crippen LogP contribution in [0.5, 0.6) is 0 Å². The summed E-state index contributed by atoms with van der Waals surface area (Å²) < 4.78 is 17.7. The van der Waals surface area contributed by atoms with Crippen LogP contribution in [0.3, 0.4) is 0 Å². The lowest BCUT2D eigenvalue weighted by Crippen LogP contribution is -2.37.